The predicted octanol–water partition coefficient (Wildman–Crippen LogP) is 1.46. The highest BCUT2D eigenvalue weighted by atomic mass is 15.1. The van der Waals surface area contributed by atoms with E-state index in [-0.39, 0.29) is 0 Å². The number of hydrogen-bond acceptors (Lipinski definition) is 2. The SMILES string of the molecule is CC(CN)CCCN1CCCC1. The first kappa shape index (κ1) is 10.0. The Kier molecular flexibility index (Phi) is 4.62. The fraction of sp³-hybridized carbons (Fsp3) is 1.00. The third-order valence-corrected chi connectivity index (χ3v) is 2.77. The van der Waals surface area contributed by atoms with Gasteiger partial charge in [-0.25, -0.2) is 0 Å². The van der Waals surface area contributed by atoms with Crippen LogP contribution in [0.4, 0.5) is 0 Å². The standard InChI is InChI=1S/C10H22N2/c1-10(9-11)5-4-8-12-6-2-3-7-12/h10H,2-9,11H2,1H3. The Morgan fingerprint density at radius 3 is 2.58 bits per heavy atom. The molecule has 1 aliphatic heterocycles. The highest BCUT2D eigenvalue weighted by molar-refractivity contribution is 4.66. The summed E-state index contributed by atoms with van der Waals surface area (Å²) in [6, 6.07) is 0. The third-order valence-electron chi connectivity index (χ3n) is 2.77. The molecule has 2 N–H and O–H groups in total. The minimum Gasteiger partial charge on any atom is -0.330 e. The molecule has 0 bridgehead atoms. The van der Waals surface area contributed by atoms with Crippen molar-refractivity contribution < 1.29 is 0 Å². The Hall–Kier alpha value is -0.0800. The predicted molar refractivity (Wildman–Crippen MR) is 53.1 cm³/mol. The van der Waals surface area contributed by atoms with Crippen LogP contribution in [0.25, 0.3) is 0 Å². The summed E-state index contributed by atoms with van der Waals surface area (Å²) in [4.78, 5) is 2.57. The Bertz CT molecular complexity index is 108. The minimum absolute atomic E-state index is 0.715. The van der Waals surface area contributed by atoms with Crippen LogP contribution < -0.4 is 5.73 Å². The average molecular weight is 170 g/mol. The molecule has 0 aromatic rings. The summed E-state index contributed by atoms with van der Waals surface area (Å²) in [7, 11) is 0. The number of hydrogen-bond donors (Lipinski definition) is 1. The highest BCUT2D eigenvalue weighted by Gasteiger charge is 2.10. The molecule has 1 fully saturated rings. The van der Waals surface area contributed by atoms with Crippen LogP contribution in [0.1, 0.15) is 32.6 Å². The van der Waals surface area contributed by atoms with Gasteiger partial charge < -0.3 is 10.6 Å². The van der Waals surface area contributed by atoms with Gasteiger partial charge in [-0.2, -0.15) is 0 Å². The van der Waals surface area contributed by atoms with E-state index in [0.717, 1.165) is 6.54 Å². The molecule has 0 radical (unpaired) electrons. The second-order valence-electron chi connectivity index (χ2n) is 4.03. The van der Waals surface area contributed by atoms with Crippen LogP contribution in [0, 0.1) is 5.92 Å². The molecule has 1 atom stereocenters. The molecule has 1 unspecified atom stereocenters. The number of rotatable bonds is 5. The van der Waals surface area contributed by atoms with Gasteiger partial charge in [0.25, 0.3) is 0 Å². The van der Waals surface area contributed by atoms with Crippen molar-refractivity contribution in [3.63, 3.8) is 0 Å². The molecule has 12 heavy (non-hydrogen) atoms. The van der Waals surface area contributed by atoms with Gasteiger partial charge in [-0.15, -0.1) is 0 Å². The van der Waals surface area contributed by atoms with E-state index in [4.69, 9.17) is 5.73 Å². The monoisotopic (exact) mass is 170 g/mol. The van der Waals surface area contributed by atoms with Crippen molar-refractivity contribution in [3.8, 4) is 0 Å². The van der Waals surface area contributed by atoms with Gasteiger partial charge >= 0.3 is 0 Å². The zero-order chi connectivity index (χ0) is 8.81. The molecule has 0 aromatic heterocycles. The smallest absolute Gasteiger partial charge is 0.00183 e. The van der Waals surface area contributed by atoms with Gasteiger partial charge in [-0.05, 0) is 57.8 Å². The van der Waals surface area contributed by atoms with Crippen molar-refractivity contribution >= 4 is 0 Å². The molecule has 0 aliphatic carbocycles. The zero-order valence-corrected chi connectivity index (χ0v) is 8.26. The van der Waals surface area contributed by atoms with E-state index in [2.05, 4.69) is 11.8 Å². The van der Waals surface area contributed by atoms with E-state index >= 15 is 0 Å². The molecule has 1 saturated heterocycles. The first-order chi connectivity index (χ1) is 5.83. The van der Waals surface area contributed by atoms with Crippen LogP contribution in [0.15, 0.2) is 0 Å². The van der Waals surface area contributed by atoms with Gasteiger partial charge in [0.1, 0.15) is 0 Å². The van der Waals surface area contributed by atoms with Gasteiger partial charge in [0, 0.05) is 0 Å². The first-order valence-corrected chi connectivity index (χ1v) is 5.25. The summed E-state index contributed by atoms with van der Waals surface area (Å²) in [5, 5.41) is 0. The van der Waals surface area contributed by atoms with Crippen molar-refractivity contribution in [3.05, 3.63) is 0 Å². The van der Waals surface area contributed by atoms with Crippen molar-refractivity contribution in [2.24, 2.45) is 11.7 Å². The number of nitrogens with two attached hydrogens (primary N) is 1. The highest BCUT2D eigenvalue weighted by Crippen LogP contribution is 2.10. The van der Waals surface area contributed by atoms with E-state index < -0.39 is 0 Å². The van der Waals surface area contributed by atoms with E-state index in [0.29, 0.717) is 5.92 Å². The maximum atomic E-state index is 5.55. The molecule has 2 heteroatoms. The summed E-state index contributed by atoms with van der Waals surface area (Å²) in [6.07, 6.45) is 5.45. The topological polar surface area (TPSA) is 29.3 Å². The van der Waals surface area contributed by atoms with Gasteiger partial charge in [0.05, 0.1) is 0 Å². The molecular weight excluding hydrogens is 148 g/mol. The van der Waals surface area contributed by atoms with Gasteiger partial charge in [-0.3, -0.25) is 0 Å². The lowest BCUT2D eigenvalue weighted by molar-refractivity contribution is 0.319. The van der Waals surface area contributed by atoms with Gasteiger partial charge in [-0.1, -0.05) is 6.92 Å². The summed E-state index contributed by atoms with van der Waals surface area (Å²) >= 11 is 0. The van der Waals surface area contributed by atoms with E-state index in [1.807, 2.05) is 0 Å². The Morgan fingerprint density at radius 2 is 2.00 bits per heavy atom. The van der Waals surface area contributed by atoms with E-state index in [9.17, 15) is 0 Å². The van der Waals surface area contributed by atoms with Crippen molar-refractivity contribution in [1.82, 2.24) is 4.90 Å². The average Bonchev–Trinajstić information content (AvgIpc) is 2.57. The van der Waals surface area contributed by atoms with E-state index in [1.54, 1.807) is 0 Å². The summed E-state index contributed by atoms with van der Waals surface area (Å²) < 4.78 is 0. The molecule has 0 saturated carbocycles. The Morgan fingerprint density at radius 1 is 1.33 bits per heavy atom. The molecule has 1 rings (SSSR count). The molecule has 72 valence electrons. The largest absolute Gasteiger partial charge is 0.330 e. The maximum Gasteiger partial charge on any atom is -0.00183 e. The maximum absolute atomic E-state index is 5.55. The molecule has 0 amide bonds. The third kappa shape index (κ3) is 3.55. The van der Waals surface area contributed by atoms with Crippen molar-refractivity contribution in [2.75, 3.05) is 26.2 Å². The van der Waals surface area contributed by atoms with Crippen LogP contribution in [0.2, 0.25) is 0 Å². The van der Waals surface area contributed by atoms with Crippen molar-refractivity contribution in [1.29, 1.82) is 0 Å². The Balaban J connectivity index is 1.94. The molecule has 0 aromatic carbocycles. The lowest BCUT2D eigenvalue weighted by Crippen LogP contribution is -2.21. The quantitative estimate of drug-likeness (QED) is 0.677. The lowest BCUT2D eigenvalue weighted by atomic mass is 10.1. The van der Waals surface area contributed by atoms with Gasteiger partial charge in [0.2, 0.25) is 0 Å². The lowest BCUT2D eigenvalue weighted by Gasteiger charge is -2.15. The van der Waals surface area contributed by atoms with E-state index in [1.165, 1.54) is 45.3 Å². The van der Waals surface area contributed by atoms with Gasteiger partial charge in [0.15, 0.2) is 0 Å². The van der Waals surface area contributed by atoms with Crippen LogP contribution in [-0.2, 0) is 0 Å². The number of likely N-dealkylation sites (tertiary alicyclic amines) is 1. The molecule has 2 nitrogen and oxygen atoms in total. The second kappa shape index (κ2) is 5.55. The molecule has 1 heterocycles. The number of nitrogens with zero attached hydrogens (tertiary/aromatic N) is 1. The molecule has 1 aliphatic rings. The fourth-order valence-corrected chi connectivity index (χ4v) is 1.79. The minimum atomic E-state index is 0.715. The molecule has 0 spiro atoms. The fourth-order valence-electron chi connectivity index (χ4n) is 1.79. The van der Waals surface area contributed by atoms with Crippen LogP contribution in [0.3, 0.4) is 0 Å². The van der Waals surface area contributed by atoms with Crippen molar-refractivity contribution in [2.45, 2.75) is 32.6 Å². The first-order valence-electron chi connectivity index (χ1n) is 5.25. The second-order valence-corrected chi connectivity index (χ2v) is 4.03. The normalized spacial score (nSPS) is 21.5. The summed E-state index contributed by atoms with van der Waals surface area (Å²) in [5.74, 6) is 0.715. The Labute approximate surface area is 76.1 Å². The summed E-state index contributed by atoms with van der Waals surface area (Å²) in [5.41, 5.74) is 5.55. The summed E-state index contributed by atoms with van der Waals surface area (Å²) in [6.45, 7) is 7.04. The van der Waals surface area contributed by atoms with Crippen LogP contribution in [0.5, 0.6) is 0 Å². The zero-order valence-electron chi connectivity index (χ0n) is 8.26. The van der Waals surface area contributed by atoms with Crippen LogP contribution >= 0.6 is 0 Å². The molecular formula is C10H22N2. The van der Waals surface area contributed by atoms with Crippen LogP contribution in [-0.4, -0.2) is 31.1 Å².